The van der Waals surface area contributed by atoms with E-state index in [1.807, 2.05) is 6.92 Å². The summed E-state index contributed by atoms with van der Waals surface area (Å²) in [5.74, 6) is -2.13. The van der Waals surface area contributed by atoms with Crippen molar-refractivity contribution >= 4 is 0 Å². The molecule has 0 saturated heterocycles. The van der Waals surface area contributed by atoms with E-state index in [2.05, 4.69) is 32.9 Å². The standard InChI is InChI=1S/C27H31F3O2.C3H6/c1-17(6-8-18(2)20(4)25(28)16-19(3)32-5)7-9-22-12-15-24(27(30)26(22)29)21-10-13-23(31)14-11-21;1-3-2/h6,8,12,15-16,21,23,31H,1-4,7,9-11,13-14H2,5H3;3H,1H2,2H3/b8-6-,25-16+;. The third kappa shape index (κ3) is 9.61. The molecule has 2 rings (SSSR count). The highest BCUT2D eigenvalue weighted by atomic mass is 19.2. The summed E-state index contributed by atoms with van der Waals surface area (Å²) in [5, 5.41) is 9.62. The number of aliphatic hydroxyl groups is 1. The molecule has 1 saturated carbocycles. The first kappa shape index (κ1) is 30.0. The van der Waals surface area contributed by atoms with E-state index in [0.29, 0.717) is 48.8 Å². The second-order valence-electron chi connectivity index (χ2n) is 8.51. The second kappa shape index (κ2) is 15.0. The Morgan fingerprint density at radius 1 is 1.06 bits per heavy atom. The van der Waals surface area contributed by atoms with Crippen molar-refractivity contribution in [2.45, 2.75) is 57.5 Å². The predicted octanol–water partition coefficient (Wildman–Crippen LogP) is 8.35. The highest BCUT2D eigenvalue weighted by molar-refractivity contribution is 5.48. The van der Waals surface area contributed by atoms with Crippen molar-refractivity contribution in [1.29, 1.82) is 0 Å². The molecule has 0 heterocycles. The van der Waals surface area contributed by atoms with Crippen LogP contribution in [0.2, 0.25) is 0 Å². The summed E-state index contributed by atoms with van der Waals surface area (Å²) in [6.07, 6.45) is 8.97. The van der Waals surface area contributed by atoms with Gasteiger partial charge in [0.05, 0.1) is 13.2 Å². The molecule has 0 unspecified atom stereocenters. The minimum absolute atomic E-state index is 0.0607. The first-order valence-electron chi connectivity index (χ1n) is 11.6. The molecule has 0 radical (unpaired) electrons. The molecule has 190 valence electrons. The van der Waals surface area contributed by atoms with E-state index in [9.17, 15) is 18.3 Å². The van der Waals surface area contributed by atoms with E-state index in [0.717, 1.165) is 6.08 Å². The van der Waals surface area contributed by atoms with E-state index < -0.39 is 17.5 Å². The Labute approximate surface area is 208 Å². The van der Waals surface area contributed by atoms with Gasteiger partial charge in [-0.3, -0.25) is 0 Å². The average molecular weight is 487 g/mol. The van der Waals surface area contributed by atoms with Crippen LogP contribution in [0.25, 0.3) is 0 Å². The zero-order valence-electron chi connectivity index (χ0n) is 20.9. The van der Waals surface area contributed by atoms with E-state index in [1.54, 1.807) is 30.4 Å². The van der Waals surface area contributed by atoms with Gasteiger partial charge >= 0.3 is 0 Å². The Balaban J connectivity index is 0.00000194. The molecule has 1 aliphatic rings. The molecule has 1 aliphatic carbocycles. The van der Waals surface area contributed by atoms with Crippen LogP contribution in [-0.2, 0) is 11.2 Å². The number of rotatable bonds is 10. The van der Waals surface area contributed by atoms with Crippen molar-refractivity contribution in [3.63, 3.8) is 0 Å². The van der Waals surface area contributed by atoms with Crippen LogP contribution in [0.15, 0.2) is 97.6 Å². The minimum Gasteiger partial charge on any atom is -0.497 e. The molecule has 0 aliphatic heterocycles. The van der Waals surface area contributed by atoms with Crippen LogP contribution in [0.1, 0.15) is 56.1 Å². The first-order chi connectivity index (χ1) is 16.5. The van der Waals surface area contributed by atoms with Gasteiger partial charge in [0.2, 0.25) is 0 Å². The number of aliphatic hydroxyl groups excluding tert-OH is 1. The van der Waals surface area contributed by atoms with Crippen molar-refractivity contribution in [3.8, 4) is 0 Å². The number of ether oxygens (including phenoxy) is 1. The molecule has 0 amide bonds. The number of aryl methyl sites for hydroxylation is 1. The van der Waals surface area contributed by atoms with Gasteiger partial charge in [-0.05, 0) is 68.1 Å². The lowest BCUT2D eigenvalue weighted by atomic mass is 9.82. The predicted molar refractivity (Wildman–Crippen MR) is 140 cm³/mol. The van der Waals surface area contributed by atoms with Gasteiger partial charge in [-0.1, -0.05) is 62.2 Å². The fourth-order valence-electron chi connectivity index (χ4n) is 3.64. The highest BCUT2D eigenvalue weighted by Crippen LogP contribution is 2.35. The third-order valence-corrected chi connectivity index (χ3v) is 5.79. The van der Waals surface area contributed by atoms with Crippen molar-refractivity contribution in [3.05, 3.63) is 120 Å². The van der Waals surface area contributed by atoms with Gasteiger partial charge in [-0.25, -0.2) is 13.2 Å². The molecule has 0 spiro atoms. The monoisotopic (exact) mass is 486 g/mol. The van der Waals surface area contributed by atoms with Gasteiger partial charge in [0.15, 0.2) is 11.6 Å². The Hall–Kier alpha value is -3.05. The molecular weight excluding hydrogens is 449 g/mol. The topological polar surface area (TPSA) is 29.5 Å². The van der Waals surface area contributed by atoms with Gasteiger partial charge in [0.25, 0.3) is 0 Å². The lowest BCUT2D eigenvalue weighted by molar-refractivity contribution is 0.122. The van der Waals surface area contributed by atoms with Crippen LogP contribution in [0, 0.1) is 11.6 Å². The SMILES string of the molecule is C=C(/C=C\C(=C)C(=C)/C(F)=C\C(=C)OC)CCc1ccc(C2CCC(O)CC2)c(F)c1F.C=CC. The maximum Gasteiger partial charge on any atom is 0.162 e. The number of halogens is 3. The number of benzene rings is 1. The number of methoxy groups -OCH3 is 1. The minimum atomic E-state index is -0.825. The Morgan fingerprint density at radius 3 is 2.23 bits per heavy atom. The summed E-state index contributed by atoms with van der Waals surface area (Å²) in [6, 6.07) is 3.28. The summed E-state index contributed by atoms with van der Waals surface area (Å²) in [5.41, 5.74) is 1.77. The molecule has 35 heavy (non-hydrogen) atoms. The molecule has 1 aromatic rings. The highest BCUT2D eigenvalue weighted by Gasteiger charge is 2.25. The van der Waals surface area contributed by atoms with E-state index in [-0.39, 0.29) is 35.3 Å². The van der Waals surface area contributed by atoms with Crippen LogP contribution in [0.4, 0.5) is 13.2 Å². The molecule has 2 nitrogen and oxygen atoms in total. The summed E-state index contributed by atoms with van der Waals surface area (Å²) in [7, 11) is 1.39. The third-order valence-electron chi connectivity index (χ3n) is 5.79. The van der Waals surface area contributed by atoms with Crippen LogP contribution in [-0.4, -0.2) is 18.3 Å². The molecule has 5 heteroatoms. The summed E-state index contributed by atoms with van der Waals surface area (Å²) >= 11 is 0. The van der Waals surface area contributed by atoms with Gasteiger partial charge in [0.1, 0.15) is 11.6 Å². The van der Waals surface area contributed by atoms with Crippen molar-refractivity contribution in [2.24, 2.45) is 0 Å². The lowest BCUT2D eigenvalue weighted by Gasteiger charge is -2.26. The molecule has 0 atom stereocenters. The van der Waals surface area contributed by atoms with Crippen LogP contribution >= 0.6 is 0 Å². The smallest absolute Gasteiger partial charge is 0.162 e. The fourth-order valence-corrected chi connectivity index (χ4v) is 3.64. The molecule has 1 N–H and O–H groups in total. The summed E-state index contributed by atoms with van der Waals surface area (Å²) in [4.78, 5) is 0. The maximum atomic E-state index is 14.7. The number of hydrogen-bond donors (Lipinski definition) is 1. The Kier molecular flexibility index (Phi) is 12.9. The molecule has 1 aromatic carbocycles. The van der Waals surface area contributed by atoms with Crippen molar-refractivity contribution in [1.82, 2.24) is 0 Å². The van der Waals surface area contributed by atoms with Gasteiger partial charge < -0.3 is 9.84 Å². The molecule has 1 fully saturated rings. The molecular formula is C30H37F3O2. The Bertz CT molecular complexity index is 993. The van der Waals surface area contributed by atoms with Crippen LogP contribution in [0.5, 0.6) is 0 Å². The number of hydrogen-bond acceptors (Lipinski definition) is 2. The van der Waals surface area contributed by atoms with Crippen LogP contribution < -0.4 is 0 Å². The zero-order chi connectivity index (χ0) is 26.5. The average Bonchev–Trinajstić information content (AvgIpc) is 2.84. The number of allylic oxidation sites excluding steroid dienone is 8. The maximum absolute atomic E-state index is 14.7. The first-order valence-corrected chi connectivity index (χ1v) is 11.6. The summed E-state index contributed by atoms with van der Waals surface area (Å²) in [6.45, 7) is 20.1. The van der Waals surface area contributed by atoms with Crippen molar-refractivity contribution < 1.29 is 23.0 Å². The van der Waals surface area contributed by atoms with Gasteiger partial charge in [0, 0.05) is 11.6 Å². The van der Waals surface area contributed by atoms with Gasteiger partial charge in [-0.2, -0.15) is 0 Å². The van der Waals surface area contributed by atoms with Gasteiger partial charge in [-0.15, -0.1) is 6.58 Å². The normalized spacial score (nSPS) is 17.8. The largest absolute Gasteiger partial charge is 0.497 e. The quantitative estimate of drug-likeness (QED) is 0.205. The van der Waals surface area contributed by atoms with E-state index in [4.69, 9.17) is 4.74 Å². The summed E-state index contributed by atoms with van der Waals surface area (Å²) < 4.78 is 48.1. The van der Waals surface area contributed by atoms with Crippen LogP contribution in [0.3, 0.4) is 0 Å². The zero-order valence-corrected chi connectivity index (χ0v) is 20.9. The molecule has 0 aromatic heterocycles. The second-order valence-corrected chi connectivity index (χ2v) is 8.51. The molecule has 0 bridgehead atoms. The lowest BCUT2D eigenvalue weighted by Crippen LogP contribution is -2.18. The van der Waals surface area contributed by atoms with E-state index >= 15 is 0 Å². The Morgan fingerprint density at radius 2 is 1.66 bits per heavy atom. The van der Waals surface area contributed by atoms with Crippen molar-refractivity contribution in [2.75, 3.05) is 7.11 Å². The van der Waals surface area contributed by atoms with E-state index in [1.165, 1.54) is 7.11 Å². The fraction of sp³-hybridized carbons (Fsp3) is 0.333.